The number of nitrogens with one attached hydrogen (secondary N) is 1. The quantitative estimate of drug-likeness (QED) is 0.597. The number of fused-ring (bicyclic) bond motifs is 1. The van der Waals surface area contributed by atoms with Crippen LogP contribution in [-0.2, 0) is 6.54 Å². The molecule has 0 aliphatic rings. The van der Waals surface area contributed by atoms with Crippen molar-refractivity contribution in [3.05, 3.63) is 65.0 Å². The molecule has 0 amide bonds. The van der Waals surface area contributed by atoms with Crippen LogP contribution in [0.25, 0.3) is 16.9 Å². The van der Waals surface area contributed by atoms with E-state index in [4.69, 9.17) is 9.84 Å². The predicted octanol–water partition coefficient (Wildman–Crippen LogP) is 4.08. The number of hydrogen-bond acceptors (Lipinski definition) is 5. The van der Waals surface area contributed by atoms with Crippen molar-refractivity contribution in [3.8, 4) is 17.0 Å². The van der Waals surface area contributed by atoms with E-state index in [0.717, 1.165) is 35.0 Å². The van der Waals surface area contributed by atoms with Gasteiger partial charge >= 0.3 is 0 Å². The van der Waals surface area contributed by atoms with Crippen molar-refractivity contribution in [1.82, 2.24) is 14.6 Å². The maximum Gasteiger partial charge on any atom is 0.157 e. The summed E-state index contributed by atoms with van der Waals surface area (Å²) in [6, 6.07) is 16.0. The molecule has 3 aromatic heterocycles. The summed E-state index contributed by atoms with van der Waals surface area (Å²) >= 11 is 1.73. The summed E-state index contributed by atoms with van der Waals surface area (Å²) in [5.74, 6) is 1.76. The smallest absolute Gasteiger partial charge is 0.157 e. The number of thiophene rings is 1. The fraction of sp³-hybridized carbons (Fsp3) is 0.111. The molecule has 0 saturated carbocycles. The third kappa shape index (κ3) is 2.83. The zero-order chi connectivity index (χ0) is 16.4. The Bertz CT molecular complexity index is 945. The molecule has 0 aliphatic heterocycles. The number of aromatic nitrogens is 3. The van der Waals surface area contributed by atoms with Gasteiger partial charge in [-0.25, -0.2) is 4.98 Å². The van der Waals surface area contributed by atoms with Gasteiger partial charge in [-0.1, -0.05) is 6.07 Å². The molecule has 0 spiro atoms. The third-order valence-corrected chi connectivity index (χ3v) is 4.64. The van der Waals surface area contributed by atoms with Gasteiger partial charge in [-0.2, -0.15) is 9.61 Å². The molecule has 0 bridgehead atoms. The number of methoxy groups -OCH3 is 1. The Morgan fingerprint density at radius 3 is 2.79 bits per heavy atom. The van der Waals surface area contributed by atoms with Crippen LogP contribution in [-0.4, -0.2) is 21.7 Å². The summed E-state index contributed by atoms with van der Waals surface area (Å²) in [5.41, 5.74) is 2.73. The lowest BCUT2D eigenvalue weighted by atomic mass is 10.1. The van der Waals surface area contributed by atoms with E-state index in [9.17, 15) is 0 Å². The molecule has 0 fully saturated rings. The minimum Gasteiger partial charge on any atom is -0.497 e. The predicted molar refractivity (Wildman–Crippen MR) is 96.6 cm³/mol. The van der Waals surface area contributed by atoms with Gasteiger partial charge in [-0.15, -0.1) is 11.3 Å². The highest BCUT2D eigenvalue weighted by Gasteiger charge is 2.08. The zero-order valence-corrected chi connectivity index (χ0v) is 14.0. The number of anilines is 1. The van der Waals surface area contributed by atoms with Gasteiger partial charge in [-0.3, -0.25) is 0 Å². The van der Waals surface area contributed by atoms with Crippen LogP contribution in [0.3, 0.4) is 0 Å². The summed E-state index contributed by atoms with van der Waals surface area (Å²) in [6.45, 7) is 0.772. The summed E-state index contributed by atoms with van der Waals surface area (Å²) < 4.78 is 7.04. The summed E-state index contributed by atoms with van der Waals surface area (Å²) in [6.07, 6.45) is 1.80. The van der Waals surface area contributed by atoms with Crippen molar-refractivity contribution < 1.29 is 4.74 Å². The van der Waals surface area contributed by atoms with Crippen molar-refractivity contribution in [2.75, 3.05) is 12.4 Å². The molecule has 4 rings (SSSR count). The average Bonchev–Trinajstić information content (AvgIpc) is 3.29. The molecule has 0 atom stereocenters. The summed E-state index contributed by atoms with van der Waals surface area (Å²) in [7, 11) is 1.66. The molecule has 0 unspecified atom stereocenters. The van der Waals surface area contributed by atoms with E-state index in [-0.39, 0.29) is 0 Å². The van der Waals surface area contributed by atoms with E-state index in [2.05, 4.69) is 27.8 Å². The lowest BCUT2D eigenvalue weighted by Crippen LogP contribution is -2.04. The van der Waals surface area contributed by atoms with Crippen LogP contribution in [0.2, 0.25) is 0 Å². The fourth-order valence-electron chi connectivity index (χ4n) is 2.52. The van der Waals surface area contributed by atoms with Crippen LogP contribution in [0.5, 0.6) is 5.75 Å². The van der Waals surface area contributed by atoms with Crippen LogP contribution in [0.1, 0.15) is 4.88 Å². The van der Waals surface area contributed by atoms with E-state index in [1.54, 1.807) is 24.6 Å². The van der Waals surface area contributed by atoms with Gasteiger partial charge < -0.3 is 10.1 Å². The molecule has 0 saturated heterocycles. The highest BCUT2D eigenvalue weighted by atomic mass is 32.1. The minimum atomic E-state index is 0.772. The first kappa shape index (κ1) is 14.7. The van der Waals surface area contributed by atoms with Gasteiger partial charge in [0.25, 0.3) is 0 Å². The summed E-state index contributed by atoms with van der Waals surface area (Å²) in [5, 5.41) is 10.2. The largest absolute Gasteiger partial charge is 0.497 e. The van der Waals surface area contributed by atoms with Gasteiger partial charge in [0.05, 0.1) is 19.3 Å². The van der Waals surface area contributed by atoms with E-state index in [1.807, 2.05) is 40.9 Å². The normalized spacial score (nSPS) is 10.9. The number of rotatable bonds is 5. The first-order valence-corrected chi connectivity index (χ1v) is 8.47. The van der Waals surface area contributed by atoms with Crippen LogP contribution in [0.15, 0.2) is 60.1 Å². The maximum atomic E-state index is 5.20. The highest BCUT2D eigenvalue weighted by molar-refractivity contribution is 7.09. The second kappa shape index (κ2) is 6.33. The van der Waals surface area contributed by atoms with Crippen molar-refractivity contribution in [3.63, 3.8) is 0 Å². The molecule has 4 aromatic rings. The first-order chi connectivity index (χ1) is 11.8. The third-order valence-electron chi connectivity index (χ3n) is 3.77. The number of nitrogens with zero attached hydrogens (tertiary/aromatic N) is 3. The van der Waals surface area contributed by atoms with Crippen LogP contribution in [0.4, 0.5) is 5.82 Å². The number of benzene rings is 1. The Kier molecular flexibility index (Phi) is 3.88. The molecular weight excluding hydrogens is 320 g/mol. The summed E-state index contributed by atoms with van der Waals surface area (Å²) in [4.78, 5) is 5.69. The monoisotopic (exact) mass is 336 g/mol. The fourth-order valence-corrected chi connectivity index (χ4v) is 3.17. The average molecular weight is 336 g/mol. The van der Waals surface area contributed by atoms with Crippen LogP contribution >= 0.6 is 11.3 Å². The molecule has 1 aromatic carbocycles. The second-order valence-corrected chi connectivity index (χ2v) is 6.32. The molecular formula is C18H16N4OS. The van der Waals surface area contributed by atoms with E-state index >= 15 is 0 Å². The molecule has 3 heterocycles. The van der Waals surface area contributed by atoms with Crippen molar-refractivity contribution >= 4 is 22.8 Å². The lowest BCUT2D eigenvalue weighted by Gasteiger charge is -2.06. The van der Waals surface area contributed by atoms with Crippen molar-refractivity contribution in [2.24, 2.45) is 0 Å². The maximum absolute atomic E-state index is 5.20. The Morgan fingerprint density at radius 2 is 2.04 bits per heavy atom. The Hall–Kier alpha value is -2.86. The van der Waals surface area contributed by atoms with Gasteiger partial charge in [0.2, 0.25) is 0 Å². The van der Waals surface area contributed by atoms with Gasteiger partial charge in [0.1, 0.15) is 11.6 Å². The zero-order valence-electron chi connectivity index (χ0n) is 13.1. The topological polar surface area (TPSA) is 51.5 Å². The molecule has 0 radical (unpaired) electrons. The van der Waals surface area contributed by atoms with Gasteiger partial charge in [-0.05, 0) is 41.8 Å². The first-order valence-electron chi connectivity index (χ1n) is 7.59. The highest BCUT2D eigenvalue weighted by Crippen LogP contribution is 2.23. The molecule has 1 N–H and O–H groups in total. The Labute approximate surface area is 143 Å². The van der Waals surface area contributed by atoms with Crippen LogP contribution in [0, 0.1) is 0 Å². The minimum absolute atomic E-state index is 0.772. The van der Waals surface area contributed by atoms with Gasteiger partial charge in [0, 0.05) is 22.7 Å². The lowest BCUT2D eigenvalue weighted by molar-refractivity contribution is 0.415. The molecule has 5 nitrogen and oxygen atoms in total. The van der Waals surface area contributed by atoms with Gasteiger partial charge in [0.15, 0.2) is 5.65 Å². The molecule has 6 heteroatoms. The van der Waals surface area contributed by atoms with Crippen molar-refractivity contribution in [2.45, 2.75) is 6.54 Å². The van der Waals surface area contributed by atoms with E-state index in [0.29, 0.717) is 0 Å². The standard InChI is InChI=1S/C18H16N4OS/c1-23-14-6-4-13(5-7-14)16-11-18-19-9-8-17(22(18)21-16)20-12-15-3-2-10-24-15/h2-11,20H,12H2,1H3. The van der Waals surface area contributed by atoms with E-state index in [1.165, 1.54) is 4.88 Å². The van der Waals surface area contributed by atoms with E-state index < -0.39 is 0 Å². The number of hydrogen-bond donors (Lipinski definition) is 1. The Balaban J connectivity index is 1.65. The molecule has 0 aliphatic carbocycles. The second-order valence-electron chi connectivity index (χ2n) is 5.29. The molecule has 24 heavy (non-hydrogen) atoms. The Morgan fingerprint density at radius 1 is 1.17 bits per heavy atom. The SMILES string of the molecule is COc1ccc(-c2cc3nccc(NCc4cccs4)n3n2)cc1. The molecule has 120 valence electrons. The number of ether oxygens (including phenoxy) is 1. The van der Waals surface area contributed by atoms with Crippen LogP contribution < -0.4 is 10.1 Å². The van der Waals surface area contributed by atoms with Crippen molar-refractivity contribution in [1.29, 1.82) is 0 Å².